The number of hydrogen-bond acceptors (Lipinski definition) is 3. The third kappa shape index (κ3) is 3.18. The molecule has 4 nitrogen and oxygen atoms in total. The minimum atomic E-state index is -4.80. The van der Waals surface area contributed by atoms with Gasteiger partial charge in [0.25, 0.3) is 5.56 Å². The molecule has 1 aromatic carbocycles. The summed E-state index contributed by atoms with van der Waals surface area (Å²) in [5.74, 6) is -0.822. The van der Waals surface area contributed by atoms with Crippen LogP contribution in [0, 0.1) is 5.41 Å². The fraction of sp³-hybridized carbons (Fsp3) is 0.333. The van der Waals surface area contributed by atoms with Crippen LogP contribution in [0.1, 0.15) is 35.3 Å². The van der Waals surface area contributed by atoms with Gasteiger partial charge in [-0.3, -0.25) is 14.2 Å². The smallest absolute Gasteiger partial charge is 0.370 e. The minimum Gasteiger partial charge on any atom is -0.370 e. The van der Waals surface area contributed by atoms with Crippen molar-refractivity contribution >= 4 is 11.6 Å². The van der Waals surface area contributed by atoms with Gasteiger partial charge in [0.15, 0.2) is 5.78 Å². The van der Waals surface area contributed by atoms with Gasteiger partial charge in [-0.1, -0.05) is 44.2 Å². The maximum Gasteiger partial charge on any atom is 0.417 e. The van der Waals surface area contributed by atoms with Gasteiger partial charge in [-0.2, -0.15) is 13.2 Å². The van der Waals surface area contributed by atoms with Crippen molar-refractivity contribution in [3.8, 4) is 0 Å². The van der Waals surface area contributed by atoms with Crippen molar-refractivity contribution in [2.75, 3.05) is 11.9 Å². The molecule has 0 aliphatic carbocycles. The first-order valence-electron chi connectivity index (χ1n) is 7.79. The number of benzene rings is 1. The molecule has 3 rings (SSSR count). The molecule has 1 aliphatic heterocycles. The van der Waals surface area contributed by atoms with E-state index >= 15 is 0 Å². The number of anilines is 1. The molecule has 0 bridgehead atoms. The summed E-state index contributed by atoms with van der Waals surface area (Å²) in [6, 6.07) is 8.27. The van der Waals surface area contributed by atoms with Crippen molar-refractivity contribution in [3.05, 3.63) is 63.4 Å². The summed E-state index contributed by atoms with van der Waals surface area (Å²) in [5.41, 5.74) is -2.66. The molecule has 132 valence electrons. The molecule has 0 saturated carbocycles. The second kappa shape index (κ2) is 5.75. The highest BCUT2D eigenvalue weighted by Crippen LogP contribution is 2.37. The molecule has 0 saturated heterocycles. The third-order valence-electron chi connectivity index (χ3n) is 4.20. The van der Waals surface area contributed by atoms with E-state index in [1.807, 2.05) is 13.8 Å². The highest BCUT2D eigenvalue weighted by atomic mass is 19.4. The van der Waals surface area contributed by atoms with Crippen molar-refractivity contribution in [1.29, 1.82) is 0 Å². The van der Waals surface area contributed by atoms with Crippen molar-refractivity contribution in [3.63, 3.8) is 0 Å². The normalized spacial score (nSPS) is 16.0. The number of carbonyl (C=O) groups is 1. The monoisotopic (exact) mass is 350 g/mol. The predicted molar refractivity (Wildman–Crippen MR) is 87.8 cm³/mol. The Balaban J connectivity index is 2.29. The Kier molecular flexibility index (Phi) is 3.97. The standard InChI is InChI=1S/C18H17F3N2O2/c1-17(2)9-22-16-14(15(25)11-6-4-3-5-7-11)12(18(19,20)21)8-13(24)23(16)10-17/h3-8,22H,9-10H2,1-2H3. The molecule has 0 radical (unpaired) electrons. The fourth-order valence-electron chi connectivity index (χ4n) is 2.98. The molecule has 2 aromatic rings. The number of alkyl halides is 3. The van der Waals surface area contributed by atoms with Gasteiger partial charge in [-0.15, -0.1) is 0 Å². The first kappa shape index (κ1) is 17.3. The molecule has 0 spiro atoms. The number of fused-ring (bicyclic) bond motifs is 1. The number of pyridine rings is 1. The topological polar surface area (TPSA) is 51.1 Å². The molecule has 7 heteroatoms. The summed E-state index contributed by atoms with van der Waals surface area (Å²) in [6.07, 6.45) is -4.80. The maximum atomic E-state index is 13.5. The van der Waals surface area contributed by atoms with E-state index in [2.05, 4.69) is 5.32 Å². The number of ketones is 1. The molecule has 0 fully saturated rings. The van der Waals surface area contributed by atoms with Crippen LogP contribution in [0.25, 0.3) is 0 Å². The summed E-state index contributed by atoms with van der Waals surface area (Å²) in [7, 11) is 0. The number of nitrogens with one attached hydrogen (secondary N) is 1. The van der Waals surface area contributed by atoms with Gasteiger partial charge in [-0.05, 0) is 0 Å². The van der Waals surface area contributed by atoms with E-state index in [4.69, 9.17) is 0 Å². The van der Waals surface area contributed by atoms with Crippen molar-refractivity contribution in [2.24, 2.45) is 5.41 Å². The van der Waals surface area contributed by atoms with Crippen LogP contribution < -0.4 is 10.9 Å². The lowest BCUT2D eigenvalue weighted by Gasteiger charge is -2.35. The molecular formula is C18H17F3N2O2. The zero-order chi connectivity index (χ0) is 18.4. The highest BCUT2D eigenvalue weighted by molar-refractivity contribution is 6.13. The average Bonchev–Trinajstić information content (AvgIpc) is 2.54. The van der Waals surface area contributed by atoms with Crippen molar-refractivity contribution < 1.29 is 18.0 Å². The molecular weight excluding hydrogens is 333 g/mol. The molecule has 1 aromatic heterocycles. The molecule has 25 heavy (non-hydrogen) atoms. The zero-order valence-corrected chi connectivity index (χ0v) is 13.8. The van der Waals surface area contributed by atoms with Crippen molar-refractivity contribution in [1.82, 2.24) is 4.57 Å². The van der Waals surface area contributed by atoms with E-state index in [0.717, 1.165) is 0 Å². The van der Waals surface area contributed by atoms with Crippen LogP contribution in [0.2, 0.25) is 0 Å². The van der Waals surface area contributed by atoms with Crippen LogP contribution in [-0.4, -0.2) is 16.9 Å². The molecule has 0 amide bonds. The first-order valence-corrected chi connectivity index (χ1v) is 7.79. The Bertz CT molecular complexity index is 884. The number of rotatable bonds is 2. The summed E-state index contributed by atoms with van der Waals surface area (Å²) < 4.78 is 41.7. The summed E-state index contributed by atoms with van der Waals surface area (Å²) in [4.78, 5) is 25.0. The van der Waals surface area contributed by atoms with Gasteiger partial charge in [0.1, 0.15) is 5.82 Å². The molecule has 0 atom stereocenters. The molecule has 0 unspecified atom stereocenters. The van der Waals surface area contributed by atoms with Gasteiger partial charge in [0.05, 0.1) is 11.1 Å². The summed E-state index contributed by atoms with van der Waals surface area (Å²) in [5, 5.41) is 2.87. The van der Waals surface area contributed by atoms with Crippen LogP contribution in [0.15, 0.2) is 41.2 Å². The van der Waals surface area contributed by atoms with Crippen LogP contribution in [0.5, 0.6) is 0 Å². The van der Waals surface area contributed by atoms with Crippen molar-refractivity contribution in [2.45, 2.75) is 26.6 Å². The first-order chi connectivity index (χ1) is 11.6. The minimum absolute atomic E-state index is 0.0620. The lowest BCUT2D eigenvalue weighted by Crippen LogP contribution is -2.42. The summed E-state index contributed by atoms with van der Waals surface area (Å²) in [6.45, 7) is 4.39. The highest BCUT2D eigenvalue weighted by Gasteiger charge is 2.40. The van der Waals surface area contributed by atoms with Gasteiger partial charge >= 0.3 is 6.18 Å². The molecule has 1 aliphatic rings. The Morgan fingerprint density at radius 2 is 1.84 bits per heavy atom. The van der Waals surface area contributed by atoms with Gasteiger partial charge < -0.3 is 5.32 Å². The quantitative estimate of drug-likeness (QED) is 0.843. The SMILES string of the molecule is CC1(C)CNc2c(C(=O)c3ccccc3)c(C(F)(F)F)cc(=O)n2C1. The number of aromatic nitrogens is 1. The molecule has 2 heterocycles. The Morgan fingerprint density at radius 1 is 1.20 bits per heavy atom. The van der Waals surface area contributed by atoms with E-state index in [1.165, 1.54) is 16.7 Å². The Labute approximate surface area is 142 Å². The molecule has 1 N–H and O–H groups in total. The van der Waals surface area contributed by atoms with Crippen LogP contribution in [0.4, 0.5) is 19.0 Å². The largest absolute Gasteiger partial charge is 0.417 e. The third-order valence-corrected chi connectivity index (χ3v) is 4.20. The number of nitrogens with zero attached hydrogens (tertiary/aromatic N) is 1. The Hall–Kier alpha value is -2.57. The van der Waals surface area contributed by atoms with Crippen LogP contribution in [0.3, 0.4) is 0 Å². The van der Waals surface area contributed by atoms with E-state index < -0.39 is 28.6 Å². The second-order valence-corrected chi connectivity index (χ2v) is 6.92. The van der Waals surface area contributed by atoms with E-state index in [-0.39, 0.29) is 23.3 Å². The number of halogens is 3. The van der Waals surface area contributed by atoms with Crippen LogP contribution >= 0.6 is 0 Å². The van der Waals surface area contributed by atoms with Gasteiger partial charge in [-0.25, -0.2) is 0 Å². The van der Waals surface area contributed by atoms with E-state index in [0.29, 0.717) is 12.6 Å². The van der Waals surface area contributed by atoms with Gasteiger partial charge in [0.2, 0.25) is 0 Å². The van der Waals surface area contributed by atoms with E-state index in [1.54, 1.807) is 18.2 Å². The fourth-order valence-corrected chi connectivity index (χ4v) is 2.98. The predicted octanol–water partition coefficient (Wildman–Crippen LogP) is 3.55. The van der Waals surface area contributed by atoms with Gasteiger partial charge in [0, 0.05) is 30.1 Å². The lowest BCUT2D eigenvalue weighted by molar-refractivity contribution is -0.138. The Morgan fingerprint density at radius 3 is 2.44 bits per heavy atom. The zero-order valence-electron chi connectivity index (χ0n) is 13.8. The average molecular weight is 350 g/mol. The second-order valence-electron chi connectivity index (χ2n) is 6.92. The number of hydrogen-bond donors (Lipinski definition) is 1. The number of carbonyl (C=O) groups excluding carboxylic acids is 1. The summed E-state index contributed by atoms with van der Waals surface area (Å²) >= 11 is 0. The lowest BCUT2D eigenvalue weighted by atomic mass is 9.89. The maximum absolute atomic E-state index is 13.5. The van der Waals surface area contributed by atoms with Crippen LogP contribution in [-0.2, 0) is 12.7 Å². The van der Waals surface area contributed by atoms with E-state index in [9.17, 15) is 22.8 Å².